The van der Waals surface area contributed by atoms with Crippen molar-refractivity contribution in [3.8, 4) is 11.5 Å². The van der Waals surface area contributed by atoms with Gasteiger partial charge in [-0.25, -0.2) is 4.39 Å². The van der Waals surface area contributed by atoms with Gasteiger partial charge < -0.3 is 4.42 Å². The lowest BCUT2D eigenvalue weighted by molar-refractivity contribution is 0.465. The molecule has 0 aliphatic carbocycles. The maximum Gasteiger partial charge on any atom is 0.277 e. The Bertz CT molecular complexity index is 814. The van der Waals surface area contributed by atoms with Gasteiger partial charge in [0.25, 0.3) is 5.22 Å². The van der Waals surface area contributed by atoms with Crippen LogP contribution in [0.1, 0.15) is 43.1 Å². The number of halogens is 1. The van der Waals surface area contributed by atoms with Gasteiger partial charge in [0.05, 0.1) is 0 Å². The molecule has 0 fully saturated rings. The normalized spacial score (nSPS) is 12.5. The zero-order valence-corrected chi connectivity index (χ0v) is 14.7. The van der Waals surface area contributed by atoms with Crippen LogP contribution in [-0.2, 0) is 0 Å². The first-order valence-electron chi connectivity index (χ1n) is 7.89. The molecule has 1 atom stereocenters. The van der Waals surface area contributed by atoms with Crippen LogP contribution in [0.4, 0.5) is 4.39 Å². The maximum absolute atomic E-state index is 13.8. The van der Waals surface area contributed by atoms with E-state index in [9.17, 15) is 4.39 Å². The van der Waals surface area contributed by atoms with Crippen LogP contribution in [0.5, 0.6) is 0 Å². The molecule has 0 bridgehead atoms. The molecule has 3 nitrogen and oxygen atoms in total. The minimum Gasteiger partial charge on any atom is -0.411 e. The molecule has 1 aromatic heterocycles. The lowest BCUT2D eigenvalue weighted by atomic mass is 10.0. The Morgan fingerprint density at radius 3 is 2.33 bits per heavy atom. The van der Waals surface area contributed by atoms with Crippen LogP contribution < -0.4 is 0 Å². The van der Waals surface area contributed by atoms with E-state index in [1.54, 1.807) is 12.1 Å². The Balaban J connectivity index is 1.75. The van der Waals surface area contributed by atoms with Gasteiger partial charge in [-0.05, 0) is 36.6 Å². The summed E-state index contributed by atoms with van der Waals surface area (Å²) in [7, 11) is 0. The van der Waals surface area contributed by atoms with Crippen LogP contribution in [0.2, 0.25) is 0 Å². The molecular formula is C19H19FN2OS. The van der Waals surface area contributed by atoms with Crippen LogP contribution in [0.15, 0.2) is 58.2 Å². The summed E-state index contributed by atoms with van der Waals surface area (Å²) in [5.41, 5.74) is 2.78. The third kappa shape index (κ3) is 3.67. The molecule has 24 heavy (non-hydrogen) atoms. The van der Waals surface area contributed by atoms with Crippen molar-refractivity contribution in [2.24, 2.45) is 0 Å². The van der Waals surface area contributed by atoms with Gasteiger partial charge >= 0.3 is 0 Å². The van der Waals surface area contributed by atoms with E-state index in [0.29, 0.717) is 22.6 Å². The molecule has 0 saturated heterocycles. The fraction of sp³-hybridized carbons (Fsp3) is 0.263. The van der Waals surface area contributed by atoms with E-state index < -0.39 is 0 Å². The van der Waals surface area contributed by atoms with Crippen molar-refractivity contribution < 1.29 is 8.81 Å². The first kappa shape index (κ1) is 16.7. The smallest absolute Gasteiger partial charge is 0.277 e. The van der Waals surface area contributed by atoms with Gasteiger partial charge in [0.15, 0.2) is 0 Å². The molecule has 1 heterocycles. The van der Waals surface area contributed by atoms with Gasteiger partial charge in [-0.3, -0.25) is 0 Å². The van der Waals surface area contributed by atoms with Crippen molar-refractivity contribution in [3.05, 3.63) is 65.5 Å². The Labute approximate surface area is 145 Å². The lowest BCUT2D eigenvalue weighted by Crippen LogP contribution is -1.92. The molecule has 3 aromatic rings. The molecule has 0 aliphatic rings. The van der Waals surface area contributed by atoms with Crippen molar-refractivity contribution >= 4 is 11.8 Å². The van der Waals surface area contributed by atoms with Crippen LogP contribution in [0.25, 0.3) is 11.5 Å². The maximum atomic E-state index is 13.8. The molecule has 0 N–H and O–H groups in total. The summed E-state index contributed by atoms with van der Waals surface area (Å²) in [6, 6.07) is 14.8. The summed E-state index contributed by atoms with van der Waals surface area (Å²) < 4.78 is 19.6. The highest BCUT2D eigenvalue weighted by Crippen LogP contribution is 2.36. The second-order valence-electron chi connectivity index (χ2n) is 5.93. The average molecular weight is 342 g/mol. The molecule has 124 valence electrons. The number of thioether (sulfide) groups is 1. The van der Waals surface area contributed by atoms with Gasteiger partial charge in [-0.15, -0.1) is 10.2 Å². The van der Waals surface area contributed by atoms with Crippen LogP contribution in [0.3, 0.4) is 0 Å². The highest BCUT2D eigenvalue weighted by Gasteiger charge is 2.16. The predicted octanol–water partition coefficient (Wildman–Crippen LogP) is 5.85. The Kier molecular flexibility index (Phi) is 5.00. The summed E-state index contributed by atoms with van der Waals surface area (Å²) in [6.07, 6.45) is 0. The quantitative estimate of drug-likeness (QED) is 0.545. The van der Waals surface area contributed by atoms with Gasteiger partial charge in [0.2, 0.25) is 5.89 Å². The number of aromatic nitrogens is 2. The van der Waals surface area contributed by atoms with Crippen molar-refractivity contribution in [1.29, 1.82) is 0 Å². The van der Waals surface area contributed by atoms with E-state index in [2.05, 4.69) is 36.2 Å². The zero-order valence-electron chi connectivity index (χ0n) is 13.9. The van der Waals surface area contributed by atoms with Gasteiger partial charge in [-0.2, -0.15) is 0 Å². The van der Waals surface area contributed by atoms with E-state index in [1.807, 2.05) is 25.1 Å². The average Bonchev–Trinajstić information content (AvgIpc) is 3.03. The highest BCUT2D eigenvalue weighted by atomic mass is 32.2. The molecule has 0 spiro atoms. The molecule has 2 aromatic carbocycles. The Hall–Kier alpha value is -2.14. The number of hydrogen-bond donors (Lipinski definition) is 0. The molecule has 0 saturated carbocycles. The van der Waals surface area contributed by atoms with E-state index in [-0.39, 0.29) is 11.1 Å². The number of hydrogen-bond acceptors (Lipinski definition) is 4. The zero-order chi connectivity index (χ0) is 17.1. The monoisotopic (exact) mass is 342 g/mol. The minimum atomic E-state index is -0.221. The van der Waals surface area contributed by atoms with Crippen molar-refractivity contribution in [3.63, 3.8) is 0 Å². The van der Waals surface area contributed by atoms with Gasteiger partial charge in [0.1, 0.15) is 5.82 Å². The SMILES string of the molecule is CC(C)c1ccc(-c2nnc(SC(C)c3ccccc3F)o2)cc1. The van der Waals surface area contributed by atoms with E-state index in [1.165, 1.54) is 23.4 Å². The summed E-state index contributed by atoms with van der Waals surface area (Å²) in [5.74, 6) is 0.740. The largest absolute Gasteiger partial charge is 0.411 e. The molecule has 3 rings (SSSR count). The second kappa shape index (κ2) is 7.18. The van der Waals surface area contributed by atoms with Crippen LogP contribution in [0, 0.1) is 5.82 Å². The third-order valence-electron chi connectivity index (χ3n) is 3.85. The van der Waals surface area contributed by atoms with Crippen LogP contribution >= 0.6 is 11.8 Å². The lowest BCUT2D eigenvalue weighted by Gasteiger charge is -2.09. The fourth-order valence-electron chi connectivity index (χ4n) is 2.40. The van der Waals surface area contributed by atoms with Crippen LogP contribution in [-0.4, -0.2) is 10.2 Å². The summed E-state index contributed by atoms with van der Waals surface area (Å²) in [4.78, 5) is 0. The first-order chi connectivity index (χ1) is 11.5. The minimum absolute atomic E-state index is 0.109. The van der Waals surface area contributed by atoms with Crippen molar-refractivity contribution in [2.45, 2.75) is 37.2 Å². The molecule has 1 unspecified atom stereocenters. The van der Waals surface area contributed by atoms with Crippen molar-refractivity contribution in [2.75, 3.05) is 0 Å². The topological polar surface area (TPSA) is 38.9 Å². The van der Waals surface area contributed by atoms with Gasteiger partial charge in [0, 0.05) is 16.4 Å². The van der Waals surface area contributed by atoms with E-state index >= 15 is 0 Å². The van der Waals surface area contributed by atoms with E-state index in [4.69, 9.17) is 4.42 Å². The fourth-order valence-corrected chi connectivity index (χ4v) is 3.24. The molecule has 5 heteroatoms. The summed E-state index contributed by atoms with van der Waals surface area (Å²) in [6.45, 7) is 6.23. The molecular weight excluding hydrogens is 323 g/mol. The van der Waals surface area contributed by atoms with Gasteiger partial charge in [-0.1, -0.05) is 55.9 Å². The summed E-state index contributed by atoms with van der Waals surface area (Å²) >= 11 is 1.35. The van der Waals surface area contributed by atoms with E-state index in [0.717, 1.165) is 5.56 Å². The van der Waals surface area contributed by atoms with Crippen molar-refractivity contribution in [1.82, 2.24) is 10.2 Å². The number of nitrogens with zero attached hydrogens (tertiary/aromatic N) is 2. The molecule has 0 aliphatic heterocycles. The first-order valence-corrected chi connectivity index (χ1v) is 8.77. The number of benzene rings is 2. The Morgan fingerprint density at radius 2 is 1.67 bits per heavy atom. The molecule has 0 amide bonds. The molecule has 0 radical (unpaired) electrons. The third-order valence-corrected chi connectivity index (χ3v) is 4.83. The highest BCUT2D eigenvalue weighted by molar-refractivity contribution is 7.99. The number of rotatable bonds is 5. The summed E-state index contributed by atoms with van der Waals surface area (Å²) in [5, 5.41) is 8.50. The Morgan fingerprint density at radius 1 is 0.958 bits per heavy atom. The standard InChI is InChI=1S/C19H19FN2OS/c1-12(2)14-8-10-15(11-9-14)18-21-22-19(23-18)24-13(3)16-6-4-5-7-17(16)20/h4-13H,1-3H3. The second-order valence-corrected chi connectivity index (χ2v) is 7.22. The predicted molar refractivity (Wildman–Crippen MR) is 94.5 cm³/mol.